The van der Waals surface area contributed by atoms with E-state index in [-0.39, 0.29) is 36.9 Å². The van der Waals surface area contributed by atoms with Gasteiger partial charge in [-0.2, -0.15) is 0 Å². The van der Waals surface area contributed by atoms with E-state index in [4.69, 9.17) is 15.2 Å². The van der Waals surface area contributed by atoms with Gasteiger partial charge in [0.25, 0.3) is 5.91 Å². The van der Waals surface area contributed by atoms with Crippen molar-refractivity contribution >= 4 is 32.6 Å². The van der Waals surface area contributed by atoms with Crippen LogP contribution in [0.15, 0.2) is 65.6 Å². The summed E-state index contributed by atoms with van der Waals surface area (Å²) in [6.07, 6.45) is 0.608. The zero-order chi connectivity index (χ0) is 24.9. The maximum absolute atomic E-state index is 13.2. The molecule has 1 aliphatic rings. The van der Waals surface area contributed by atoms with Crippen LogP contribution in [0, 0.1) is 0 Å². The molecule has 0 bridgehead atoms. The van der Waals surface area contributed by atoms with E-state index < -0.39 is 20.5 Å². The molecule has 0 spiro atoms. The fraction of sp³-hybridized carbons (Fsp3) is 0.320. The number of para-hydroxylation sites is 1. The summed E-state index contributed by atoms with van der Waals surface area (Å²) in [6, 6.07) is 17.0. The van der Waals surface area contributed by atoms with E-state index in [1.807, 2.05) is 30.3 Å². The van der Waals surface area contributed by atoms with Crippen LogP contribution in [0.5, 0.6) is 5.75 Å². The molecule has 1 aliphatic heterocycles. The normalized spacial score (nSPS) is 15.4. The number of pyridine rings is 1. The number of carbonyl (C=O) groups is 2. The number of hydrogen-bond acceptors (Lipinski definition) is 7. The molecule has 0 unspecified atom stereocenters. The van der Waals surface area contributed by atoms with Gasteiger partial charge in [-0.05, 0) is 55.7 Å². The second-order valence-corrected chi connectivity index (χ2v) is 10.6. The Labute approximate surface area is 203 Å². The van der Waals surface area contributed by atoms with Crippen molar-refractivity contribution in [2.45, 2.75) is 28.9 Å². The average Bonchev–Trinajstić information content (AvgIpc) is 2.88. The Balaban J connectivity index is 1.28. The number of hydrogen-bond donors (Lipinski definition) is 2. The van der Waals surface area contributed by atoms with E-state index in [2.05, 4.69) is 10.3 Å². The Bertz CT molecular complexity index is 1320. The van der Waals surface area contributed by atoms with E-state index in [0.717, 1.165) is 10.9 Å². The molecule has 2 amide bonds. The molecule has 2 heterocycles. The van der Waals surface area contributed by atoms with E-state index in [1.54, 1.807) is 18.2 Å². The topological polar surface area (TPSA) is 138 Å². The van der Waals surface area contributed by atoms with Crippen LogP contribution in [0.25, 0.3) is 10.9 Å². The summed E-state index contributed by atoms with van der Waals surface area (Å²) in [5, 5.41) is 3.78. The smallest absolute Gasteiger partial charge is 0.269 e. The van der Waals surface area contributed by atoms with Crippen molar-refractivity contribution in [3.8, 4) is 5.75 Å². The summed E-state index contributed by atoms with van der Waals surface area (Å²) >= 11 is 0. The predicted octanol–water partition coefficient (Wildman–Crippen LogP) is 2.24. The minimum Gasteiger partial charge on any atom is -0.494 e. The second kappa shape index (κ2) is 10.4. The van der Waals surface area contributed by atoms with E-state index >= 15 is 0 Å². The van der Waals surface area contributed by atoms with Crippen molar-refractivity contribution in [3.63, 3.8) is 0 Å². The van der Waals surface area contributed by atoms with Gasteiger partial charge in [-0.1, -0.05) is 24.3 Å². The largest absolute Gasteiger partial charge is 0.494 e. The molecule has 3 aromatic rings. The lowest BCUT2D eigenvalue weighted by atomic mass is 9.98. The van der Waals surface area contributed by atoms with Crippen molar-refractivity contribution < 1.29 is 27.5 Å². The zero-order valence-corrected chi connectivity index (χ0v) is 19.9. The molecule has 35 heavy (non-hydrogen) atoms. The molecule has 0 radical (unpaired) electrons. The van der Waals surface area contributed by atoms with Gasteiger partial charge in [0, 0.05) is 25.1 Å². The Morgan fingerprint density at radius 1 is 1.03 bits per heavy atom. The maximum Gasteiger partial charge on any atom is 0.269 e. The Kier molecular flexibility index (Phi) is 7.32. The van der Waals surface area contributed by atoms with Crippen molar-refractivity contribution in [3.05, 3.63) is 66.4 Å². The molecule has 1 aromatic heterocycles. The van der Waals surface area contributed by atoms with Gasteiger partial charge in [-0.15, -0.1) is 0 Å². The Morgan fingerprint density at radius 3 is 2.46 bits per heavy atom. The summed E-state index contributed by atoms with van der Waals surface area (Å²) in [7, 11) is -3.98. The maximum atomic E-state index is 13.2. The number of carbonyl (C=O) groups excluding carboxylic acids is 2. The van der Waals surface area contributed by atoms with Crippen LogP contribution >= 0.6 is 0 Å². The number of nitrogens with two attached hydrogens (primary N) is 1. The van der Waals surface area contributed by atoms with Crippen LogP contribution in [0.3, 0.4) is 0 Å². The number of nitrogens with one attached hydrogen (secondary N) is 1. The van der Waals surface area contributed by atoms with Gasteiger partial charge in [-0.25, -0.2) is 13.4 Å². The highest BCUT2D eigenvalue weighted by atomic mass is 32.2. The van der Waals surface area contributed by atoms with Crippen LogP contribution in [-0.4, -0.2) is 56.3 Å². The van der Waals surface area contributed by atoms with Crippen LogP contribution in [0.1, 0.15) is 29.8 Å². The number of fused-ring (bicyclic) bond motifs is 1. The van der Waals surface area contributed by atoms with E-state index in [9.17, 15) is 18.0 Å². The monoisotopic (exact) mass is 497 g/mol. The minimum absolute atomic E-state index is 0.0145. The molecule has 2 aromatic carbocycles. The van der Waals surface area contributed by atoms with Crippen molar-refractivity contribution in [2.24, 2.45) is 5.73 Å². The molecule has 184 valence electrons. The van der Waals surface area contributed by atoms with Crippen LogP contribution in [0.2, 0.25) is 0 Å². The fourth-order valence-electron chi connectivity index (χ4n) is 4.04. The van der Waals surface area contributed by atoms with Crippen LogP contribution in [0.4, 0.5) is 0 Å². The lowest BCUT2D eigenvalue weighted by Crippen LogP contribution is -2.53. The quantitative estimate of drug-likeness (QED) is 0.433. The summed E-state index contributed by atoms with van der Waals surface area (Å²) in [4.78, 5) is 28.8. The summed E-state index contributed by atoms with van der Waals surface area (Å²) in [5.74, 6) is -0.643. The lowest BCUT2D eigenvalue weighted by molar-refractivity contribution is -0.122. The first kappa shape index (κ1) is 24.6. The molecule has 1 fully saturated rings. The van der Waals surface area contributed by atoms with Gasteiger partial charge < -0.3 is 20.5 Å². The predicted molar refractivity (Wildman–Crippen MR) is 130 cm³/mol. The number of amides is 2. The van der Waals surface area contributed by atoms with Crippen molar-refractivity contribution in [1.82, 2.24) is 10.3 Å². The molecular weight excluding hydrogens is 470 g/mol. The van der Waals surface area contributed by atoms with Crippen LogP contribution < -0.4 is 15.8 Å². The molecular formula is C25H27N3O6S. The number of benzene rings is 2. The standard InChI is InChI=1S/C25H27N3O6S/c26-24(30)25(12-16-33-17-13-25)35(31,32)20-9-7-19(8-10-20)34-15-3-14-27-23(29)22-11-6-18-4-1-2-5-21(18)28-22/h1-2,4-11H,3,12-17H2,(H2,26,30)(H,27,29). The Hall–Kier alpha value is -3.50. The fourth-order valence-corrected chi connectivity index (χ4v) is 5.95. The first-order valence-electron chi connectivity index (χ1n) is 11.3. The molecule has 0 atom stereocenters. The highest BCUT2D eigenvalue weighted by molar-refractivity contribution is 7.93. The van der Waals surface area contributed by atoms with E-state index in [1.165, 1.54) is 12.1 Å². The minimum atomic E-state index is -3.98. The molecule has 0 aliphatic carbocycles. The first-order chi connectivity index (χ1) is 16.8. The third kappa shape index (κ3) is 5.13. The van der Waals surface area contributed by atoms with Gasteiger partial charge in [0.05, 0.1) is 17.0 Å². The SMILES string of the molecule is NC(=O)C1(S(=O)(=O)c2ccc(OCCCNC(=O)c3ccc4ccccc4n3)cc2)CCOCC1. The molecule has 9 nitrogen and oxygen atoms in total. The van der Waals surface area contributed by atoms with Crippen molar-refractivity contribution in [1.29, 1.82) is 0 Å². The lowest BCUT2D eigenvalue weighted by Gasteiger charge is -2.33. The molecule has 3 N–H and O–H groups in total. The van der Waals surface area contributed by atoms with Gasteiger partial charge in [0.1, 0.15) is 11.4 Å². The van der Waals surface area contributed by atoms with Gasteiger partial charge in [0.15, 0.2) is 14.6 Å². The van der Waals surface area contributed by atoms with Gasteiger partial charge in [0.2, 0.25) is 5.91 Å². The highest BCUT2D eigenvalue weighted by Crippen LogP contribution is 2.35. The van der Waals surface area contributed by atoms with Gasteiger partial charge in [-0.3, -0.25) is 9.59 Å². The number of sulfone groups is 1. The second-order valence-electron chi connectivity index (χ2n) is 8.29. The van der Waals surface area contributed by atoms with Gasteiger partial charge >= 0.3 is 0 Å². The first-order valence-corrected chi connectivity index (χ1v) is 12.8. The molecule has 10 heteroatoms. The Morgan fingerprint density at radius 2 is 1.74 bits per heavy atom. The molecule has 0 saturated carbocycles. The third-order valence-corrected chi connectivity index (χ3v) is 8.64. The molecule has 4 rings (SSSR count). The zero-order valence-electron chi connectivity index (χ0n) is 19.1. The number of aromatic nitrogens is 1. The van der Waals surface area contributed by atoms with Crippen molar-refractivity contribution in [2.75, 3.05) is 26.4 Å². The highest BCUT2D eigenvalue weighted by Gasteiger charge is 2.51. The van der Waals surface area contributed by atoms with E-state index in [0.29, 0.717) is 31.0 Å². The molecule has 1 saturated heterocycles. The number of ether oxygens (including phenoxy) is 2. The average molecular weight is 498 g/mol. The number of primary amides is 1. The van der Waals surface area contributed by atoms with Crippen LogP contribution in [-0.2, 0) is 19.4 Å². The summed E-state index contributed by atoms with van der Waals surface area (Å²) in [6.45, 7) is 1.04. The summed E-state index contributed by atoms with van der Waals surface area (Å²) in [5.41, 5.74) is 6.60. The number of nitrogens with zero attached hydrogens (tertiary/aromatic N) is 1. The number of rotatable bonds is 9. The summed E-state index contributed by atoms with van der Waals surface area (Å²) < 4.78 is 35.6. The third-order valence-electron chi connectivity index (χ3n) is 6.10.